The molecule has 2 saturated heterocycles. The molecule has 1 aromatic carbocycles. The van der Waals surface area contributed by atoms with E-state index in [9.17, 15) is 13.2 Å². The molecule has 1 aromatic heterocycles. The zero-order valence-electron chi connectivity index (χ0n) is 17.2. The molecular weight excluding hydrogens is 418 g/mol. The second-order valence-electron chi connectivity index (χ2n) is 8.02. The number of thiophene rings is 1. The van der Waals surface area contributed by atoms with Gasteiger partial charge in [-0.2, -0.15) is 4.31 Å². The van der Waals surface area contributed by atoms with Crippen molar-refractivity contribution in [2.75, 3.05) is 39.3 Å². The monoisotopic (exact) mass is 447 g/mol. The van der Waals surface area contributed by atoms with Crippen molar-refractivity contribution in [3.8, 4) is 0 Å². The number of hydrogen-bond donors (Lipinski definition) is 0. The van der Waals surface area contributed by atoms with E-state index in [2.05, 4.69) is 22.4 Å². The van der Waals surface area contributed by atoms with Gasteiger partial charge in [-0.1, -0.05) is 24.6 Å². The molecule has 2 fully saturated rings. The first-order valence-electron chi connectivity index (χ1n) is 10.6. The summed E-state index contributed by atoms with van der Waals surface area (Å²) in [5.74, 6) is 0.109. The van der Waals surface area contributed by atoms with Gasteiger partial charge in [-0.15, -0.1) is 11.3 Å². The van der Waals surface area contributed by atoms with E-state index in [1.165, 1.54) is 4.88 Å². The minimum absolute atomic E-state index is 0.109. The molecule has 0 atom stereocenters. The van der Waals surface area contributed by atoms with Crippen LogP contribution in [-0.4, -0.2) is 67.7 Å². The molecule has 2 aliphatic rings. The van der Waals surface area contributed by atoms with E-state index in [4.69, 9.17) is 0 Å². The predicted molar refractivity (Wildman–Crippen MR) is 119 cm³/mol. The molecule has 4 rings (SSSR count). The van der Waals surface area contributed by atoms with Crippen LogP contribution in [0, 0.1) is 0 Å². The number of rotatable bonds is 6. The smallest absolute Gasteiger partial charge is 0.243 e. The SMILES string of the molecule is O=C(Cc1ccc(S(=O)(=O)N2CCCCC2)cc1)N1CCN(Cc2cccs2)CC1. The maximum absolute atomic E-state index is 12.8. The van der Waals surface area contributed by atoms with Gasteiger partial charge in [0.1, 0.15) is 0 Å². The third kappa shape index (κ3) is 5.11. The van der Waals surface area contributed by atoms with Crippen LogP contribution in [0.5, 0.6) is 0 Å². The van der Waals surface area contributed by atoms with Gasteiger partial charge >= 0.3 is 0 Å². The van der Waals surface area contributed by atoms with E-state index in [1.807, 2.05) is 4.90 Å². The fourth-order valence-electron chi connectivity index (χ4n) is 4.10. The Bertz CT molecular complexity index is 929. The quantitative estimate of drug-likeness (QED) is 0.683. The zero-order valence-corrected chi connectivity index (χ0v) is 18.8. The highest BCUT2D eigenvalue weighted by molar-refractivity contribution is 7.89. The molecule has 0 spiro atoms. The van der Waals surface area contributed by atoms with E-state index >= 15 is 0 Å². The second kappa shape index (κ2) is 9.60. The van der Waals surface area contributed by atoms with E-state index in [-0.39, 0.29) is 5.91 Å². The van der Waals surface area contributed by atoms with Crippen molar-refractivity contribution in [3.05, 3.63) is 52.2 Å². The minimum atomic E-state index is -3.42. The van der Waals surface area contributed by atoms with Gasteiger partial charge in [-0.3, -0.25) is 9.69 Å². The van der Waals surface area contributed by atoms with Crippen molar-refractivity contribution >= 4 is 27.3 Å². The number of carbonyl (C=O) groups excluding carboxylic acids is 1. The molecule has 6 nitrogen and oxygen atoms in total. The standard InChI is InChI=1S/C22H29N3O3S2/c26-22(24-14-12-23(13-15-24)18-20-5-4-16-29-20)17-19-6-8-21(9-7-19)30(27,28)25-10-2-1-3-11-25/h4-9,16H,1-3,10-15,17-18H2. The summed E-state index contributed by atoms with van der Waals surface area (Å²) in [5.41, 5.74) is 0.860. The predicted octanol–water partition coefficient (Wildman–Crippen LogP) is 2.81. The summed E-state index contributed by atoms with van der Waals surface area (Å²) in [7, 11) is -3.42. The molecule has 1 amide bonds. The van der Waals surface area contributed by atoms with Crippen LogP contribution in [0.2, 0.25) is 0 Å². The lowest BCUT2D eigenvalue weighted by molar-refractivity contribution is -0.132. The topological polar surface area (TPSA) is 60.9 Å². The van der Waals surface area contributed by atoms with E-state index < -0.39 is 10.0 Å². The van der Waals surface area contributed by atoms with Crippen molar-refractivity contribution in [1.29, 1.82) is 0 Å². The van der Waals surface area contributed by atoms with E-state index in [1.54, 1.807) is 39.9 Å². The second-order valence-corrected chi connectivity index (χ2v) is 11.0. The summed E-state index contributed by atoms with van der Waals surface area (Å²) in [6, 6.07) is 11.1. The van der Waals surface area contributed by atoms with E-state index in [0.717, 1.165) is 57.5 Å². The summed E-state index contributed by atoms with van der Waals surface area (Å²) in [5, 5.41) is 2.10. The lowest BCUT2D eigenvalue weighted by Crippen LogP contribution is -2.48. The van der Waals surface area contributed by atoms with Crippen molar-refractivity contribution in [2.45, 2.75) is 37.1 Å². The Morgan fingerprint density at radius 2 is 1.60 bits per heavy atom. The van der Waals surface area contributed by atoms with E-state index in [0.29, 0.717) is 24.4 Å². The highest BCUT2D eigenvalue weighted by Crippen LogP contribution is 2.21. The molecule has 0 unspecified atom stereocenters. The van der Waals surface area contributed by atoms with Gasteiger partial charge in [0.15, 0.2) is 0 Å². The van der Waals surface area contributed by atoms with Crippen molar-refractivity contribution in [2.24, 2.45) is 0 Å². The Labute approximate surface area is 183 Å². The van der Waals surface area contributed by atoms with Crippen molar-refractivity contribution < 1.29 is 13.2 Å². The molecule has 3 heterocycles. The molecule has 0 saturated carbocycles. The number of amides is 1. The third-order valence-electron chi connectivity index (χ3n) is 5.92. The Balaban J connectivity index is 1.29. The third-order valence-corrected chi connectivity index (χ3v) is 8.69. The molecular formula is C22H29N3O3S2. The molecule has 0 N–H and O–H groups in total. The summed E-state index contributed by atoms with van der Waals surface area (Å²) < 4.78 is 27.1. The Morgan fingerprint density at radius 3 is 2.23 bits per heavy atom. The molecule has 0 radical (unpaired) electrons. The molecule has 0 bridgehead atoms. The van der Waals surface area contributed by atoms with Gasteiger partial charge in [-0.25, -0.2) is 8.42 Å². The van der Waals surface area contributed by atoms with Crippen LogP contribution in [0.4, 0.5) is 0 Å². The number of nitrogens with zero attached hydrogens (tertiary/aromatic N) is 3. The first-order chi connectivity index (χ1) is 14.5. The average molecular weight is 448 g/mol. The molecule has 2 aliphatic heterocycles. The Hall–Kier alpha value is -1.74. The molecule has 162 valence electrons. The molecule has 2 aromatic rings. The zero-order chi connectivity index (χ0) is 21.0. The summed E-state index contributed by atoms with van der Waals surface area (Å²) in [6.07, 6.45) is 3.25. The summed E-state index contributed by atoms with van der Waals surface area (Å²) >= 11 is 1.77. The van der Waals surface area contributed by atoms with Crippen LogP contribution in [-0.2, 0) is 27.8 Å². The molecule has 30 heavy (non-hydrogen) atoms. The first kappa shape index (κ1) is 21.5. The number of benzene rings is 1. The Morgan fingerprint density at radius 1 is 0.900 bits per heavy atom. The fourth-order valence-corrected chi connectivity index (χ4v) is 6.36. The largest absolute Gasteiger partial charge is 0.340 e. The number of sulfonamides is 1. The lowest BCUT2D eigenvalue weighted by Gasteiger charge is -2.34. The van der Waals surface area contributed by atoms with Crippen LogP contribution >= 0.6 is 11.3 Å². The van der Waals surface area contributed by atoms with Gasteiger partial charge in [0, 0.05) is 50.7 Å². The van der Waals surface area contributed by atoms with Crippen LogP contribution in [0.15, 0.2) is 46.7 Å². The van der Waals surface area contributed by atoms with Gasteiger partial charge < -0.3 is 4.90 Å². The van der Waals surface area contributed by atoms with Crippen LogP contribution in [0.3, 0.4) is 0 Å². The normalized spacial score (nSPS) is 19.1. The number of carbonyl (C=O) groups is 1. The summed E-state index contributed by atoms with van der Waals surface area (Å²) in [4.78, 5) is 18.7. The lowest BCUT2D eigenvalue weighted by atomic mass is 10.1. The van der Waals surface area contributed by atoms with Crippen LogP contribution < -0.4 is 0 Å². The van der Waals surface area contributed by atoms with Gasteiger partial charge in [0.05, 0.1) is 11.3 Å². The average Bonchev–Trinajstić information content (AvgIpc) is 3.28. The van der Waals surface area contributed by atoms with Gasteiger partial charge in [0.25, 0.3) is 0 Å². The highest BCUT2D eigenvalue weighted by atomic mass is 32.2. The first-order valence-corrected chi connectivity index (χ1v) is 13.0. The van der Waals surface area contributed by atoms with Gasteiger partial charge in [0.2, 0.25) is 15.9 Å². The number of piperazine rings is 1. The maximum atomic E-state index is 12.8. The van der Waals surface area contributed by atoms with Crippen molar-refractivity contribution in [1.82, 2.24) is 14.1 Å². The highest BCUT2D eigenvalue weighted by Gasteiger charge is 2.26. The van der Waals surface area contributed by atoms with Crippen LogP contribution in [0.25, 0.3) is 0 Å². The van der Waals surface area contributed by atoms with Gasteiger partial charge in [-0.05, 0) is 42.0 Å². The number of piperidine rings is 1. The van der Waals surface area contributed by atoms with Crippen LogP contribution in [0.1, 0.15) is 29.7 Å². The summed E-state index contributed by atoms with van der Waals surface area (Å²) in [6.45, 7) is 5.40. The number of hydrogen-bond acceptors (Lipinski definition) is 5. The minimum Gasteiger partial charge on any atom is -0.340 e. The fraction of sp³-hybridized carbons (Fsp3) is 0.500. The molecule has 8 heteroatoms. The Kier molecular flexibility index (Phi) is 6.87. The molecule has 0 aliphatic carbocycles. The van der Waals surface area contributed by atoms with Crippen molar-refractivity contribution in [3.63, 3.8) is 0 Å². The maximum Gasteiger partial charge on any atom is 0.243 e.